The van der Waals surface area contributed by atoms with Gasteiger partial charge in [-0.25, -0.2) is 9.59 Å². The summed E-state index contributed by atoms with van der Waals surface area (Å²) in [4.78, 5) is 24.0. The van der Waals surface area contributed by atoms with Gasteiger partial charge in [0.2, 0.25) is 0 Å². The van der Waals surface area contributed by atoms with Crippen LogP contribution in [-0.4, -0.2) is 46.6 Å². The van der Waals surface area contributed by atoms with Crippen LogP contribution in [0.3, 0.4) is 0 Å². The molecule has 0 aliphatic carbocycles. The van der Waals surface area contributed by atoms with Crippen LogP contribution in [0.25, 0.3) is 0 Å². The molecule has 0 bridgehead atoms. The first-order chi connectivity index (χ1) is 11.5. The summed E-state index contributed by atoms with van der Waals surface area (Å²) >= 11 is 0. The van der Waals surface area contributed by atoms with Crippen LogP contribution in [0.4, 0.5) is 0 Å². The molecule has 0 unspecified atom stereocenters. The summed E-state index contributed by atoms with van der Waals surface area (Å²) in [6.45, 7) is 3.69. The number of carbonyl (C=O) groups excluding carboxylic acids is 2. The molecule has 4 atom stereocenters. The topological polar surface area (TPSA) is 93.1 Å². The lowest BCUT2D eigenvalue weighted by molar-refractivity contribution is -0.176. The van der Waals surface area contributed by atoms with Gasteiger partial charge in [-0.05, 0) is 26.2 Å². The van der Waals surface area contributed by atoms with E-state index in [1.54, 1.807) is 18.2 Å². The van der Waals surface area contributed by atoms with E-state index in [0.717, 1.165) is 0 Å². The summed E-state index contributed by atoms with van der Waals surface area (Å²) in [5, 5.41) is 20.0. The fraction of sp³-hybridized carbons (Fsp3) is 0.556. The van der Waals surface area contributed by atoms with Gasteiger partial charge in [0.05, 0.1) is 0 Å². The van der Waals surface area contributed by atoms with Crippen molar-refractivity contribution in [2.45, 2.75) is 63.9 Å². The Kier molecular flexibility index (Phi) is 9.04. The van der Waals surface area contributed by atoms with Crippen molar-refractivity contribution in [3.8, 4) is 0 Å². The number of ether oxygens (including phenoxy) is 2. The van der Waals surface area contributed by atoms with Crippen molar-refractivity contribution in [3.05, 3.63) is 36.5 Å². The molecule has 0 aromatic rings. The van der Waals surface area contributed by atoms with E-state index in [1.807, 2.05) is 13.8 Å². The Morgan fingerprint density at radius 2 is 2.17 bits per heavy atom. The monoisotopic (exact) mass is 338 g/mol. The van der Waals surface area contributed by atoms with Crippen LogP contribution in [0.1, 0.15) is 39.5 Å². The fourth-order valence-corrected chi connectivity index (χ4v) is 2.28. The quantitative estimate of drug-likeness (QED) is 0.344. The highest BCUT2D eigenvalue weighted by molar-refractivity contribution is 5.85. The molecular formula is C18H26O6. The summed E-state index contributed by atoms with van der Waals surface area (Å²) in [5.74, 6) is -1.34. The average Bonchev–Trinajstić information content (AvgIpc) is 2.55. The zero-order valence-electron chi connectivity index (χ0n) is 14.1. The highest BCUT2D eigenvalue weighted by Crippen LogP contribution is 2.17. The summed E-state index contributed by atoms with van der Waals surface area (Å²) in [6.07, 6.45) is 6.83. The number of esters is 2. The van der Waals surface area contributed by atoms with Crippen LogP contribution in [0.2, 0.25) is 0 Å². The van der Waals surface area contributed by atoms with Gasteiger partial charge in [0.25, 0.3) is 0 Å². The minimum absolute atomic E-state index is 0.250. The van der Waals surface area contributed by atoms with E-state index < -0.39 is 36.4 Å². The molecule has 2 N–H and O–H groups in total. The third kappa shape index (κ3) is 6.68. The molecule has 24 heavy (non-hydrogen) atoms. The Balaban J connectivity index is 2.84. The van der Waals surface area contributed by atoms with Crippen molar-refractivity contribution in [2.75, 3.05) is 0 Å². The Labute approximate surface area is 142 Å². The number of hydrogen-bond donors (Lipinski definition) is 2. The van der Waals surface area contributed by atoms with E-state index in [0.29, 0.717) is 19.3 Å². The summed E-state index contributed by atoms with van der Waals surface area (Å²) < 4.78 is 10.4. The number of rotatable bonds is 5. The summed E-state index contributed by atoms with van der Waals surface area (Å²) in [7, 11) is 0. The molecular weight excluding hydrogens is 312 g/mol. The number of carbonyl (C=O) groups is 2. The van der Waals surface area contributed by atoms with Crippen LogP contribution in [-0.2, 0) is 19.1 Å². The molecule has 0 fully saturated rings. The highest BCUT2D eigenvalue weighted by Gasteiger charge is 2.32. The minimum atomic E-state index is -1.21. The molecule has 0 saturated heterocycles. The lowest BCUT2D eigenvalue weighted by atomic mass is 10.0. The first-order valence-corrected chi connectivity index (χ1v) is 8.22. The normalized spacial score (nSPS) is 30.2. The standard InChI is InChI=1S/C18H26O6/c1-3-5-6-12-16(20)23-15-11-8-7-10-13(19)17(21)14(9-4-2)24-18(15)22/h3,5-7,10,12-15,17,19,21H,4,8-9,11H2,1-2H3/b5-3+,10-7-,12-6+/t13-,14-,15+,17-/m0/s1. The maximum absolute atomic E-state index is 12.3. The van der Waals surface area contributed by atoms with Crippen LogP contribution in [0, 0.1) is 0 Å². The largest absolute Gasteiger partial charge is 0.457 e. The van der Waals surface area contributed by atoms with E-state index >= 15 is 0 Å². The van der Waals surface area contributed by atoms with Crippen molar-refractivity contribution >= 4 is 11.9 Å². The lowest BCUT2D eigenvalue weighted by Gasteiger charge is -2.27. The van der Waals surface area contributed by atoms with Crippen molar-refractivity contribution in [1.82, 2.24) is 0 Å². The first kappa shape index (κ1) is 20.1. The fourth-order valence-electron chi connectivity index (χ4n) is 2.28. The van der Waals surface area contributed by atoms with Gasteiger partial charge in [-0.3, -0.25) is 0 Å². The Morgan fingerprint density at radius 1 is 1.42 bits per heavy atom. The smallest absolute Gasteiger partial charge is 0.347 e. The summed E-state index contributed by atoms with van der Waals surface area (Å²) in [6, 6.07) is 0. The number of hydrogen-bond acceptors (Lipinski definition) is 6. The first-order valence-electron chi connectivity index (χ1n) is 8.22. The van der Waals surface area contributed by atoms with Gasteiger partial charge in [0, 0.05) is 6.08 Å². The molecule has 134 valence electrons. The molecule has 1 aliphatic rings. The van der Waals surface area contributed by atoms with E-state index in [9.17, 15) is 19.8 Å². The van der Waals surface area contributed by atoms with Gasteiger partial charge in [0.1, 0.15) is 18.3 Å². The van der Waals surface area contributed by atoms with E-state index in [1.165, 1.54) is 18.2 Å². The molecule has 0 saturated carbocycles. The minimum Gasteiger partial charge on any atom is -0.457 e. The molecule has 0 amide bonds. The van der Waals surface area contributed by atoms with Crippen LogP contribution < -0.4 is 0 Å². The third-order valence-corrected chi connectivity index (χ3v) is 3.56. The van der Waals surface area contributed by atoms with Crippen molar-refractivity contribution in [2.24, 2.45) is 0 Å². The second-order valence-electron chi connectivity index (χ2n) is 5.56. The molecule has 1 heterocycles. The van der Waals surface area contributed by atoms with Gasteiger partial charge >= 0.3 is 11.9 Å². The van der Waals surface area contributed by atoms with E-state index in [4.69, 9.17) is 9.47 Å². The molecule has 0 spiro atoms. The van der Waals surface area contributed by atoms with Gasteiger partial charge in [-0.1, -0.05) is 43.7 Å². The van der Waals surface area contributed by atoms with Crippen LogP contribution in [0.15, 0.2) is 36.5 Å². The van der Waals surface area contributed by atoms with Gasteiger partial charge in [0.15, 0.2) is 6.10 Å². The number of allylic oxidation sites excluding steroid dienone is 4. The zero-order valence-corrected chi connectivity index (χ0v) is 14.1. The molecule has 1 aliphatic heterocycles. The average molecular weight is 338 g/mol. The molecule has 0 aromatic carbocycles. The predicted molar refractivity (Wildman–Crippen MR) is 89.0 cm³/mol. The van der Waals surface area contributed by atoms with Crippen molar-refractivity contribution in [3.63, 3.8) is 0 Å². The SMILES string of the molecule is C/C=C/C=C/C(=O)O[C@@H]1CC/C=C\[C@H](O)[C@H](O)[C@H](CCC)OC1=O. The molecule has 6 nitrogen and oxygen atoms in total. The van der Waals surface area contributed by atoms with Gasteiger partial charge < -0.3 is 19.7 Å². The predicted octanol–water partition coefficient (Wildman–Crippen LogP) is 1.81. The third-order valence-electron chi connectivity index (χ3n) is 3.56. The second kappa shape index (κ2) is 10.8. The Morgan fingerprint density at radius 3 is 2.83 bits per heavy atom. The maximum atomic E-state index is 12.3. The number of aliphatic hydroxyl groups is 2. The number of cyclic esters (lactones) is 1. The molecule has 6 heteroatoms. The van der Waals surface area contributed by atoms with Crippen LogP contribution >= 0.6 is 0 Å². The molecule has 0 radical (unpaired) electrons. The second-order valence-corrected chi connectivity index (χ2v) is 5.56. The zero-order chi connectivity index (χ0) is 17.9. The highest BCUT2D eigenvalue weighted by atomic mass is 16.6. The maximum Gasteiger partial charge on any atom is 0.347 e. The van der Waals surface area contributed by atoms with Crippen molar-refractivity contribution in [1.29, 1.82) is 0 Å². The van der Waals surface area contributed by atoms with Gasteiger partial charge in [-0.2, -0.15) is 0 Å². The van der Waals surface area contributed by atoms with Gasteiger partial charge in [-0.15, -0.1) is 0 Å². The molecule has 1 rings (SSSR count). The van der Waals surface area contributed by atoms with Crippen molar-refractivity contribution < 1.29 is 29.3 Å². The Hall–Kier alpha value is -1.92. The van der Waals surface area contributed by atoms with Crippen LogP contribution in [0.5, 0.6) is 0 Å². The Bertz CT molecular complexity index is 494. The van der Waals surface area contributed by atoms with E-state index in [2.05, 4.69) is 0 Å². The molecule has 0 aromatic heterocycles. The number of aliphatic hydroxyl groups excluding tert-OH is 2. The van der Waals surface area contributed by atoms with E-state index in [-0.39, 0.29) is 6.42 Å². The lowest BCUT2D eigenvalue weighted by Crippen LogP contribution is -2.42. The summed E-state index contributed by atoms with van der Waals surface area (Å²) in [5.41, 5.74) is 0.